The molecular weight excluding hydrogens is 188 g/mol. The minimum absolute atomic E-state index is 0.199. The lowest BCUT2D eigenvalue weighted by Crippen LogP contribution is -2.07. The minimum Gasteiger partial charge on any atom is -0.376 e. The minimum atomic E-state index is 0.199. The molecule has 2 aromatic rings. The highest BCUT2D eigenvalue weighted by Gasteiger charge is 2.04. The molecule has 0 fully saturated rings. The summed E-state index contributed by atoms with van der Waals surface area (Å²) in [7, 11) is 0. The summed E-state index contributed by atoms with van der Waals surface area (Å²) in [6, 6.07) is 4.16. The fourth-order valence-corrected chi connectivity index (χ4v) is 1.34. The maximum Gasteiger partial charge on any atom is 0.115 e. The average Bonchev–Trinajstić information content (AvgIpc) is 2.31. The van der Waals surface area contributed by atoms with Crippen LogP contribution in [0.25, 0.3) is 0 Å². The molecule has 4 heteroatoms. The Bertz CT molecular complexity index is 401. The van der Waals surface area contributed by atoms with Crippen molar-refractivity contribution in [3.63, 3.8) is 0 Å². The molecule has 0 aliphatic rings. The van der Waals surface area contributed by atoms with Crippen LogP contribution in [0.15, 0.2) is 43.2 Å². The largest absolute Gasteiger partial charge is 0.376 e. The van der Waals surface area contributed by atoms with Gasteiger partial charge >= 0.3 is 0 Å². The van der Waals surface area contributed by atoms with Gasteiger partial charge in [-0.25, -0.2) is 9.97 Å². The molecule has 76 valence electrons. The maximum absolute atomic E-state index is 4.08. The number of pyridine rings is 1. The summed E-state index contributed by atoms with van der Waals surface area (Å²) in [4.78, 5) is 12.0. The Labute approximate surface area is 88.4 Å². The highest BCUT2D eigenvalue weighted by molar-refractivity contribution is 5.40. The van der Waals surface area contributed by atoms with E-state index in [9.17, 15) is 0 Å². The van der Waals surface area contributed by atoms with Gasteiger partial charge in [0.05, 0.1) is 24.1 Å². The fourth-order valence-electron chi connectivity index (χ4n) is 1.34. The van der Waals surface area contributed by atoms with E-state index in [0.29, 0.717) is 0 Å². The highest BCUT2D eigenvalue weighted by atomic mass is 15.0. The SMILES string of the molecule is CC(Nc1cncnc1)c1cccnc1. The van der Waals surface area contributed by atoms with Gasteiger partial charge in [0.1, 0.15) is 6.33 Å². The predicted octanol–water partition coefficient (Wildman–Crippen LogP) is 2.04. The Hall–Kier alpha value is -1.97. The molecule has 0 radical (unpaired) electrons. The molecule has 0 aliphatic heterocycles. The standard InChI is InChI=1S/C11H12N4/c1-9(10-3-2-4-12-5-10)15-11-6-13-8-14-7-11/h2-9,15H,1H3. The van der Waals surface area contributed by atoms with Crippen molar-refractivity contribution in [2.75, 3.05) is 5.32 Å². The first-order valence-corrected chi connectivity index (χ1v) is 4.78. The first kappa shape index (κ1) is 9.58. The lowest BCUT2D eigenvalue weighted by atomic mass is 10.1. The van der Waals surface area contributed by atoms with Crippen molar-refractivity contribution in [1.82, 2.24) is 15.0 Å². The van der Waals surface area contributed by atoms with Crippen molar-refractivity contribution in [3.8, 4) is 0 Å². The first-order valence-electron chi connectivity index (χ1n) is 4.78. The molecule has 0 aromatic carbocycles. The Morgan fingerprint density at radius 3 is 2.60 bits per heavy atom. The van der Waals surface area contributed by atoms with E-state index < -0.39 is 0 Å². The van der Waals surface area contributed by atoms with Crippen LogP contribution in [0.5, 0.6) is 0 Å². The molecule has 1 N–H and O–H groups in total. The van der Waals surface area contributed by atoms with Crippen LogP contribution in [-0.2, 0) is 0 Å². The molecule has 1 unspecified atom stereocenters. The molecule has 2 rings (SSSR count). The second kappa shape index (κ2) is 4.50. The molecule has 4 nitrogen and oxygen atoms in total. The molecule has 0 saturated heterocycles. The van der Waals surface area contributed by atoms with Crippen LogP contribution in [0.3, 0.4) is 0 Å². The van der Waals surface area contributed by atoms with Crippen LogP contribution >= 0.6 is 0 Å². The van der Waals surface area contributed by atoms with Crippen LogP contribution in [0.2, 0.25) is 0 Å². The molecule has 1 atom stereocenters. The van der Waals surface area contributed by atoms with Gasteiger partial charge in [0.2, 0.25) is 0 Å². The lowest BCUT2D eigenvalue weighted by molar-refractivity contribution is 0.871. The monoisotopic (exact) mass is 200 g/mol. The van der Waals surface area contributed by atoms with E-state index in [2.05, 4.69) is 27.2 Å². The molecular formula is C11H12N4. The van der Waals surface area contributed by atoms with E-state index in [1.807, 2.05) is 18.3 Å². The van der Waals surface area contributed by atoms with Crippen LogP contribution < -0.4 is 5.32 Å². The third-order valence-corrected chi connectivity index (χ3v) is 2.13. The number of hydrogen-bond acceptors (Lipinski definition) is 4. The fraction of sp³-hybridized carbons (Fsp3) is 0.182. The molecule has 0 spiro atoms. The van der Waals surface area contributed by atoms with E-state index in [-0.39, 0.29) is 6.04 Å². The number of hydrogen-bond donors (Lipinski definition) is 1. The van der Waals surface area contributed by atoms with Crippen molar-refractivity contribution in [2.45, 2.75) is 13.0 Å². The van der Waals surface area contributed by atoms with Gasteiger partial charge in [0, 0.05) is 12.4 Å². The molecule has 0 saturated carbocycles. The molecule has 0 aliphatic carbocycles. The third kappa shape index (κ3) is 2.49. The zero-order valence-electron chi connectivity index (χ0n) is 8.46. The third-order valence-electron chi connectivity index (χ3n) is 2.13. The van der Waals surface area contributed by atoms with Gasteiger partial charge in [-0.2, -0.15) is 0 Å². The zero-order chi connectivity index (χ0) is 10.5. The highest BCUT2D eigenvalue weighted by Crippen LogP contribution is 2.16. The summed E-state index contributed by atoms with van der Waals surface area (Å²) in [5.74, 6) is 0. The van der Waals surface area contributed by atoms with Crippen LogP contribution in [0.4, 0.5) is 5.69 Å². The normalized spacial score (nSPS) is 12.1. The van der Waals surface area contributed by atoms with Crippen molar-refractivity contribution >= 4 is 5.69 Å². The van der Waals surface area contributed by atoms with E-state index in [1.54, 1.807) is 18.6 Å². The summed E-state index contributed by atoms with van der Waals surface area (Å²) in [6.45, 7) is 2.07. The van der Waals surface area contributed by atoms with Crippen molar-refractivity contribution in [2.24, 2.45) is 0 Å². The van der Waals surface area contributed by atoms with Gasteiger partial charge in [-0.1, -0.05) is 6.07 Å². The van der Waals surface area contributed by atoms with E-state index >= 15 is 0 Å². The average molecular weight is 200 g/mol. The van der Waals surface area contributed by atoms with Crippen LogP contribution in [-0.4, -0.2) is 15.0 Å². The predicted molar refractivity (Wildman–Crippen MR) is 58.3 cm³/mol. The molecule has 2 heterocycles. The molecule has 0 amide bonds. The van der Waals surface area contributed by atoms with E-state index in [0.717, 1.165) is 11.3 Å². The van der Waals surface area contributed by atoms with Crippen LogP contribution in [0.1, 0.15) is 18.5 Å². The Morgan fingerprint density at radius 2 is 1.93 bits per heavy atom. The summed E-state index contributed by atoms with van der Waals surface area (Å²) in [5, 5.41) is 3.29. The lowest BCUT2D eigenvalue weighted by Gasteiger charge is -2.14. The quantitative estimate of drug-likeness (QED) is 0.823. The van der Waals surface area contributed by atoms with E-state index in [4.69, 9.17) is 0 Å². The van der Waals surface area contributed by atoms with Crippen molar-refractivity contribution in [3.05, 3.63) is 48.8 Å². The van der Waals surface area contributed by atoms with E-state index in [1.165, 1.54) is 6.33 Å². The van der Waals surface area contributed by atoms with Crippen LogP contribution in [0, 0.1) is 0 Å². The smallest absolute Gasteiger partial charge is 0.115 e. The summed E-state index contributed by atoms with van der Waals surface area (Å²) >= 11 is 0. The topological polar surface area (TPSA) is 50.7 Å². The van der Waals surface area contributed by atoms with Crippen molar-refractivity contribution in [1.29, 1.82) is 0 Å². The second-order valence-electron chi connectivity index (χ2n) is 3.28. The zero-order valence-corrected chi connectivity index (χ0v) is 8.46. The number of rotatable bonds is 3. The van der Waals surface area contributed by atoms with Gasteiger partial charge in [-0.05, 0) is 18.6 Å². The Kier molecular flexibility index (Phi) is 2.88. The summed E-state index contributed by atoms with van der Waals surface area (Å²) in [5.41, 5.74) is 2.05. The second-order valence-corrected chi connectivity index (χ2v) is 3.28. The number of anilines is 1. The molecule has 15 heavy (non-hydrogen) atoms. The van der Waals surface area contributed by atoms with Gasteiger partial charge in [0.15, 0.2) is 0 Å². The number of aromatic nitrogens is 3. The van der Waals surface area contributed by atoms with Gasteiger partial charge in [-0.3, -0.25) is 4.98 Å². The summed E-state index contributed by atoms with van der Waals surface area (Å²) < 4.78 is 0. The van der Waals surface area contributed by atoms with Gasteiger partial charge < -0.3 is 5.32 Å². The first-order chi connectivity index (χ1) is 7.36. The number of nitrogens with zero attached hydrogens (tertiary/aromatic N) is 3. The molecule has 2 aromatic heterocycles. The van der Waals surface area contributed by atoms with Gasteiger partial charge in [0.25, 0.3) is 0 Å². The number of nitrogens with one attached hydrogen (secondary N) is 1. The summed E-state index contributed by atoms with van der Waals surface area (Å²) in [6.07, 6.45) is 8.63. The van der Waals surface area contributed by atoms with Gasteiger partial charge in [-0.15, -0.1) is 0 Å². The Morgan fingerprint density at radius 1 is 1.13 bits per heavy atom. The maximum atomic E-state index is 4.08. The molecule has 0 bridgehead atoms. The Balaban J connectivity index is 2.08. The van der Waals surface area contributed by atoms with Crippen molar-refractivity contribution < 1.29 is 0 Å².